The predicted octanol–water partition coefficient (Wildman–Crippen LogP) is 13.5. The maximum absolute atomic E-state index is 9.44. The molecular formula is C54H33N3S. The lowest BCUT2D eigenvalue weighted by molar-refractivity contribution is 0.723. The summed E-state index contributed by atoms with van der Waals surface area (Å²) in [4.78, 5) is 12.5. The van der Waals surface area contributed by atoms with Crippen LogP contribution in [-0.2, 0) is 5.41 Å². The SMILES string of the molecule is N#Cc1ccc(-c2ccc3c(c2)Sc2cc(-c4ccc(-c5cc(-c6ccccc6)nc(-c6ccccc6)n5)cc4)ccc2C32c3ccccc3-c3ccccc32)cc1. The van der Waals surface area contributed by atoms with Crippen molar-refractivity contribution in [2.45, 2.75) is 15.2 Å². The summed E-state index contributed by atoms with van der Waals surface area (Å²) in [5.41, 5.74) is 17.4. The van der Waals surface area contributed by atoms with Gasteiger partial charge in [0.15, 0.2) is 5.82 Å². The largest absolute Gasteiger partial charge is 0.228 e. The smallest absolute Gasteiger partial charge is 0.160 e. The maximum atomic E-state index is 9.44. The van der Waals surface area contributed by atoms with Crippen LogP contribution < -0.4 is 0 Å². The molecule has 1 aliphatic heterocycles. The summed E-state index contributed by atoms with van der Waals surface area (Å²) in [6, 6.07) is 73.3. The lowest BCUT2D eigenvalue weighted by atomic mass is 9.67. The van der Waals surface area contributed by atoms with Crippen molar-refractivity contribution in [3.8, 4) is 73.4 Å². The molecule has 0 saturated carbocycles. The van der Waals surface area contributed by atoms with Crippen LogP contribution in [0, 0.1) is 11.3 Å². The van der Waals surface area contributed by atoms with Gasteiger partial charge in [-0.2, -0.15) is 5.26 Å². The first kappa shape index (κ1) is 34.0. The molecule has 1 spiro atoms. The molecule has 0 fully saturated rings. The van der Waals surface area contributed by atoms with Gasteiger partial charge >= 0.3 is 0 Å². The number of nitrogens with zero attached hydrogens (tertiary/aromatic N) is 3. The van der Waals surface area contributed by atoms with Crippen molar-refractivity contribution in [3.63, 3.8) is 0 Å². The van der Waals surface area contributed by atoms with Gasteiger partial charge in [-0.1, -0.05) is 182 Å². The molecule has 9 aromatic rings. The highest BCUT2D eigenvalue weighted by Crippen LogP contribution is 2.62. The third-order valence-electron chi connectivity index (χ3n) is 11.6. The minimum absolute atomic E-state index is 0.464. The molecule has 0 N–H and O–H groups in total. The van der Waals surface area contributed by atoms with Gasteiger partial charge in [-0.3, -0.25) is 0 Å². The van der Waals surface area contributed by atoms with Crippen LogP contribution >= 0.6 is 11.8 Å². The van der Waals surface area contributed by atoms with Crippen molar-refractivity contribution in [3.05, 3.63) is 228 Å². The van der Waals surface area contributed by atoms with Gasteiger partial charge in [-0.05, 0) is 86.0 Å². The molecule has 0 unspecified atom stereocenters. The van der Waals surface area contributed by atoms with Crippen LogP contribution in [0.2, 0.25) is 0 Å². The van der Waals surface area contributed by atoms with Gasteiger partial charge in [0.05, 0.1) is 28.4 Å². The highest BCUT2D eigenvalue weighted by Gasteiger charge is 2.50. The molecule has 1 aromatic heterocycles. The Labute approximate surface area is 342 Å². The van der Waals surface area contributed by atoms with Crippen LogP contribution in [0.15, 0.2) is 210 Å². The molecule has 11 rings (SSSR count). The van der Waals surface area contributed by atoms with Gasteiger partial charge in [0.2, 0.25) is 0 Å². The zero-order valence-electron chi connectivity index (χ0n) is 31.3. The van der Waals surface area contributed by atoms with Gasteiger partial charge in [0, 0.05) is 26.5 Å². The summed E-state index contributed by atoms with van der Waals surface area (Å²) in [5.74, 6) is 0.708. The lowest BCUT2D eigenvalue weighted by Gasteiger charge is -2.40. The van der Waals surface area contributed by atoms with Gasteiger partial charge in [0.1, 0.15) is 0 Å². The quantitative estimate of drug-likeness (QED) is 0.175. The Kier molecular flexibility index (Phi) is 8.03. The van der Waals surface area contributed by atoms with Gasteiger partial charge in [-0.25, -0.2) is 9.97 Å². The molecule has 270 valence electrons. The van der Waals surface area contributed by atoms with Crippen LogP contribution in [0.3, 0.4) is 0 Å². The summed E-state index contributed by atoms with van der Waals surface area (Å²) in [6.07, 6.45) is 0. The second-order valence-corrected chi connectivity index (χ2v) is 15.9. The van der Waals surface area contributed by atoms with E-state index in [-0.39, 0.29) is 0 Å². The van der Waals surface area contributed by atoms with E-state index in [4.69, 9.17) is 9.97 Å². The van der Waals surface area contributed by atoms with E-state index in [0.717, 1.165) is 50.3 Å². The van der Waals surface area contributed by atoms with Crippen LogP contribution in [-0.4, -0.2) is 9.97 Å². The number of hydrogen-bond acceptors (Lipinski definition) is 4. The fourth-order valence-electron chi connectivity index (χ4n) is 8.91. The molecule has 2 aliphatic rings. The Morgan fingerprint density at radius 3 is 1.34 bits per heavy atom. The minimum atomic E-state index is -0.464. The Hall–Kier alpha value is -7.32. The van der Waals surface area contributed by atoms with Crippen molar-refractivity contribution < 1.29 is 0 Å². The number of hydrogen-bond donors (Lipinski definition) is 0. The highest BCUT2D eigenvalue weighted by molar-refractivity contribution is 7.99. The molecule has 1 aliphatic carbocycles. The zero-order valence-corrected chi connectivity index (χ0v) is 32.1. The van der Waals surface area contributed by atoms with E-state index >= 15 is 0 Å². The highest BCUT2D eigenvalue weighted by atomic mass is 32.2. The average Bonchev–Trinajstić information content (AvgIpc) is 3.59. The first-order chi connectivity index (χ1) is 28.7. The van der Waals surface area contributed by atoms with E-state index in [9.17, 15) is 5.26 Å². The third-order valence-corrected chi connectivity index (χ3v) is 12.7. The number of nitriles is 1. The van der Waals surface area contributed by atoms with Gasteiger partial charge in [-0.15, -0.1) is 0 Å². The predicted molar refractivity (Wildman–Crippen MR) is 235 cm³/mol. The summed E-state index contributed by atoms with van der Waals surface area (Å²) < 4.78 is 0. The molecule has 0 amide bonds. The van der Waals surface area contributed by atoms with Crippen LogP contribution in [0.25, 0.3) is 67.3 Å². The summed E-state index contributed by atoms with van der Waals surface area (Å²) in [6.45, 7) is 0. The third kappa shape index (κ3) is 5.44. The molecule has 2 heterocycles. The minimum Gasteiger partial charge on any atom is -0.228 e. The normalized spacial score (nSPS) is 12.9. The fraction of sp³-hybridized carbons (Fsp3) is 0.0185. The number of aromatic nitrogens is 2. The van der Waals surface area contributed by atoms with E-state index in [1.165, 1.54) is 43.2 Å². The number of rotatable bonds is 5. The van der Waals surface area contributed by atoms with E-state index in [1.807, 2.05) is 72.4 Å². The van der Waals surface area contributed by atoms with Gasteiger partial charge < -0.3 is 0 Å². The monoisotopic (exact) mass is 755 g/mol. The summed E-state index contributed by atoms with van der Waals surface area (Å²) >= 11 is 1.85. The second-order valence-electron chi connectivity index (χ2n) is 14.8. The van der Waals surface area contributed by atoms with Crippen LogP contribution in [0.4, 0.5) is 0 Å². The molecule has 8 aromatic carbocycles. The first-order valence-electron chi connectivity index (χ1n) is 19.4. The van der Waals surface area contributed by atoms with E-state index in [2.05, 4.69) is 146 Å². The van der Waals surface area contributed by atoms with Crippen LogP contribution in [0.5, 0.6) is 0 Å². The molecule has 0 bridgehead atoms. The molecule has 0 radical (unpaired) electrons. The molecule has 58 heavy (non-hydrogen) atoms. The molecular weight excluding hydrogens is 723 g/mol. The number of fused-ring (bicyclic) bond motifs is 9. The van der Waals surface area contributed by atoms with E-state index in [0.29, 0.717) is 11.4 Å². The van der Waals surface area contributed by atoms with Crippen LogP contribution in [0.1, 0.15) is 27.8 Å². The van der Waals surface area contributed by atoms with Crippen molar-refractivity contribution in [2.75, 3.05) is 0 Å². The topological polar surface area (TPSA) is 49.6 Å². The lowest BCUT2D eigenvalue weighted by Crippen LogP contribution is -2.32. The molecule has 0 atom stereocenters. The average molecular weight is 756 g/mol. The first-order valence-corrected chi connectivity index (χ1v) is 20.3. The second kappa shape index (κ2) is 13.7. The summed E-state index contributed by atoms with van der Waals surface area (Å²) in [7, 11) is 0. The Balaban J connectivity index is 1.03. The fourth-order valence-corrected chi connectivity index (χ4v) is 10.2. The summed E-state index contributed by atoms with van der Waals surface area (Å²) in [5, 5.41) is 9.44. The molecule has 3 nitrogen and oxygen atoms in total. The maximum Gasteiger partial charge on any atom is 0.160 e. The number of benzene rings is 8. The Morgan fingerprint density at radius 1 is 0.379 bits per heavy atom. The standard InChI is InChI=1S/C54H33N3S/c55-34-35-19-21-36(22-20-35)41-27-29-47-51(31-41)58-52-32-42(28-30-48(52)54(47)45-17-9-7-15-43(45)44-16-8-10-18-46(44)54)37-23-25-39(26-24-37)50-33-49(38-11-3-1-4-12-38)56-53(57-50)40-13-5-2-6-14-40/h1-33H. The molecule has 4 heteroatoms. The van der Waals surface area contributed by atoms with Crippen molar-refractivity contribution in [2.24, 2.45) is 0 Å². The molecule has 0 saturated heterocycles. The van der Waals surface area contributed by atoms with E-state index < -0.39 is 5.41 Å². The Bertz CT molecular complexity index is 2970. The van der Waals surface area contributed by atoms with Crippen molar-refractivity contribution in [1.29, 1.82) is 5.26 Å². The van der Waals surface area contributed by atoms with Gasteiger partial charge in [0.25, 0.3) is 0 Å². The Morgan fingerprint density at radius 2 is 0.810 bits per heavy atom. The van der Waals surface area contributed by atoms with Crippen molar-refractivity contribution >= 4 is 11.8 Å². The zero-order chi connectivity index (χ0) is 38.6. The van der Waals surface area contributed by atoms with E-state index in [1.54, 1.807) is 0 Å². The van der Waals surface area contributed by atoms with Crippen molar-refractivity contribution in [1.82, 2.24) is 9.97 Å².